The number of rotatable bonds is 3. The van der Waals surface area contributed by atoms with Crippen LogP contribution in [0.3, 0.4) is 0 Å². The van der Waals surface area contributed by atoms with Gasteiger partial charge in [-0.25, -0.2) is 0 Å². The summed E-state index contributed by atoms with van der Waals surface area (Å²) in [4.78, 5) is 16.3. The maximum Gasteiger partial charge on any atom is 0.128 e. The van der Waals surface area contributed by atoms with Gasteiger partial charge in [-0.3, -0.25) is 15.0 Å². The van der Waals surface area contributed by atoms with Crippen LogP contribution in [-0.2, 0) is 0 Å². The quantitative estimate of drug-likeness (QED) is 0.895. The van der Waals surface area contributed by atoms with Gasteiger partial charge in [-0.1, -0.05) is 12.1 Å². The van der Waals surface area contributed by atoms with Gasteiger partial charge in [-0.05, 0) is 62.1 Å². The van der Waals surface area contributed by atoms with Crippen LogP contribution < -0.4 is 5.32 Å². The van der Waals surface area contributed by atoms with Gasteiger partial charge in [0.15, 0.2) is 0 Å². The number of pyridine rings is 2. The zero-order valence-electron chi connectivity index (χ0n) is 16.1. The van der Waals surface area contributed by atoms with Gasteiger partial charge in [-0.15, -0.1) is 0 Å². The van der Waals surface area contributed by atoms with E-state index < -0.39 is 0 Å². The van der Waals surface area contributed by atoms with Crippen molar-refractivity contribution in [2.24, 2.45) is 4.99 Å². The lowest BCUT2D eigenvalue weighted by atomic mass is 9.91. The number of nitrogens with one attached hydrogen (secondary N) is 1. The molecule has 0 amide bonds. The summed E-state index contributed by atoms with van der Waals surface area (Å²) in [6.07, 6.45) is 15.5. The SMILES string of the molecule is Cc1cccnc1[C@@H]1CCC[C@H](C2CN3C(c4cccnc4)=CC=CC3=N2)N1. The van der Waals surface area contributed by atoms with Gasteiger partial charge in [0.05, 0.1) is 23.5 Å². The van der Waals surface area contributed by atoms with Crippen LogP contribution in [0.4, 0.5) is 0 Å². The molecule has 1 fully saturated rings. The van der Waals surface area contributed by atoms with Gasteiger partial charge in [0, 0.05) is 36.7 Å². The molecule has 3 aliphatic rings. The Morgan fingerprint density at radius 1 is 1.14 bits per heavy atom. The second-order valence-corrected chi connectivity index (χ2v) is 7.78. The van der Waals surface area contributed by atoms with Crippen molar-refractivity contribution < 1.29 is 0 Å². The normalized spacial score (nSPS) is 26.6. The van der Waals surface area contributed by atoms with E-state index >= 15 is 0 Å². The van der Waals surface area contributed by atoms with Crippen LogP contribution in [0.5, 0.6) is 0 Å². The van der Waals surface area contributed by atoms with Gasteiger partial charge in [-0.2, -0.15) is 0 Å². The lowest BCUT2D eigenvalue weighted by molar-refractivity contribution is 0.282. The van der Waals surface area contributed by atoms with E-state index in [9.17, 15) is 0 Å². The predicted octanol–water partition coefficient (Wildman–Crippen LogP) is 3.66. The first kappa shape index (κ1) is 17.3. The maximum absolute atomic E-state index is 5.07. The van der Waals surface area contributed by atoms with Crippen LogP contribution in [0.1, 0.15) is 42.1 Å². The number of aromatic nitrogens is 2. The minimum absolute atomic E-state index is 0.254. The van der Waals surface area contributed by atoms with E-state index in [1.54, 1.807) is 0 Å². The molecule has 1 N–H and O–H groups in total. The van der Waals surface area contributed by atoms with Crippen molar-refractivity contribution in [2.45, 2.75) is 44.3 Å². The van der Waals surface area contributed by atoms with Gasteiger partial charge in [0.2, 0.25) is 0 Å². The first-order valence-corrected chi connectivity index (χ1v) is 10.1. The maximum atomic E-state index is 5.07. The van der Waals surface area contributed by atoms with E-state index in [1.807, 2.05) is 30.7 Å². The summed E-state index contributed by atoms with van der Waals surface area (Å²) >= 11 is 0. The number of allylic oxidation sites excluding steroid dienone is 2. The smallest absolute Gasteiger partial charge is 0.128 e. The molecule has 2 aromatic rings. The van der Waals surface area contributed by atoms with Gasteiger partial charge in [0.25, 0.3) is 0 Å². The first-order valence-electron chi connectivity index (χ1n) is 10.1. The molecule has 0 bridgehead atoms. The molecule has 1 unspecified atom stereocenters. The van der Waals surface area contributed by atoms with Gasteiger partial charge >= 0.3 is 0 Å². The number of fused-ring (bicyclic) bond motifs is 1. The Hall–Kier alpha value is -2.79. The number of nitrogens with zero attached hydrogens (tertiary/aromatic N) is 4. The number of hydrogen-bond acceptors (Lipinski definition) is 5. The molecule has 5 rings (SSSR count). The largest absolute Gasteiger partial charge is 0.324 e. The third kappa shape index (κ3) is 3.16. The lowest BCUT2D eigenvalue weighted by Crippen LogP contribution is -2.46. The van der Waals surface area contributed by atoms with E-state index in [0.29, 0.717) is 12.1 Å². The minimum atomic E-state index is 0.254. The molecule has 0 spiro atoms. The van der Waals surface area contributed by atoms with Crippen LogP contribution >= 0.6 is 0 Å². The minimum Gasteiger partial charge on any atom is -0.324 e. The molecular formula is C23H25N5. The van der Waals surface area contributed by atoms with Crippen molar-refractivity contribution >= 4 is 11.5 Å². The molecule has 2 aromatic heterocycles. The van der Waals surface area contributed by atoms with Crippen molar-refractivity contribution in [3.05, 3.63) is 77.9 Å². The molecule has 5 nitrogen and oxygen atoms in total. The zero-order chi connectivity index (χ0) is 18.9. The topological polar surface area (TPSA) is 53.4 Å². The second kappa shape index (κ2) is 7.32. The van der Waals surface area contributed by atoms with Crippen molar-refractivity contribution in [2.75, 3.05) is 6.54 Å². The highest BCUT2D eigenvalue weighted by atomic mass is 15.3. The van der Waals surface area contributed by atoms with E-state index in [2.05, 4.69) is 57.5 Å². The molecule has 5 heteroatoms. The average Bonchev–Trinajstić information content (AvgIpc) is 3.19. The summed E-state index contributed by atoms with van der Waals surface area (Å²) in [6.45, 7) is 3.06. The van der Waals surface area contributed by atoms with Crippen LogP contribution in [0.15, 0.2) is 66.1 Å². The Bertz CT molecular complexity index is 946. The Labute approximate surface area is 165 Å². The summed E-state index contributed by atoms with van der Waals surface area (Å²) < 4.78 is 0. The molecule has 28 heavy (non-hydrogen) atoms. The third-order valence-corrected chi connectivity index (χ3v) is 5.96. The van der Waals surface area contributed by atoms with Crippen molar-refractivity contribution in [1.82, 2.24) is 20.2 Å². The number of hydrogen-bond donors (Lipinski definition) is 1. The zero-order valence-corrected chi connectivity index (χ0v) is 16.1. The molecule has 0 aromatic carbocycles. The average molecular weight is 371 g/mol. The summed E-state index contributed by atoms with van der Waals surface area (Å²) in [5.41, 5.74) is 4.77. The van der Waals surface area contributed by atoms with Crippen LogP contribution in [0.25, 0.3) is 5.70 Å². The molecular weight excluding hydrogens is 346 g/mol. The van der Waals surface area contributed by atoms with Crippen molar-refractivity contribution in [3.8, 4) is 0 Å². The monoisotopic (exact) mass is 371 g/mol. The summed E-state index contributed by atoms with van der Waals surface area (Å²) in [5, 5.41) is 3.86. The Morgan fingerprint density at radius 3 is 2.93 bits per heavy atom. The molecule has 142 valence electrons. The Kier molecular flexibility index (Phi) is 4.53. The highest BCUT2D eigenvalue weighted by Crippen LogP contribution is 2.32. The summed E-state index contributed by atoms with van der Waals surface area (Å²) in [5.74, 6) is 1.06. The lowest BCUT2D eigenvalue weighted by Gasteiger charge is -2.34. The third-order valence-electron chi connectivity index (χ3n) is 5.96. The summed E-state index contributed by atoms with van der Waals surface area (Å²) in [7, 11) is 0. The van der Waals surface area contributed by atoms with E-state index in [4.69, 9.17) is 4.99 Å². The van der Waals surface area contributed by atoms with Crippen molar-refractivity contribution in [1.29, 1.82) is 0 Å². The van der Waals surface area contributed by atoms with E-state index in [0.717, 1.165) is 30.8 Å². The second-order valence-electron chi connectivity index (χ2n) is 7.78. The number of aliphatic imine (C=N–C) groups is 1. The Balaban J connectivity index is 1.35. The Morgan fingerprint density at radius 2 is 2.07 bits per heavy atom. The highest BCUT2D eigenvalue weighted by molar-refractivity contribution is 6.02. The summed E-state index contributed by atoms with van der Waals surface area (Å²) in [6, 6.07) is 9.22. The molecule has 0 aliphatic carbocycles. The molecule has 3 aliphatic heterocycles. The molecule has 1 saturated heterocycles. The van der Waals surface area contributed by atoms with E-state index in [-0.39, 0.29) is 6.04 Å². The predicted molar refractivity (Wildman–Crippen MR) is 112 cm³/mol. The fraction of sp³-hybridized carbons (Fsp3) is 0.348. The molecule has 5 heterocycles. The fourth-order valence-corrected chi connectivity index (χ4v) is 4.56. The molecule has 0 saturated carbocycles. The van der Waals surface area contributed by atoms with Crippen LogP contribution in [-0.4, -0.2) is 39.3 Å². The standard InChI is InChI=1S/C23H25N5/c1-16-6-4-13-25-23(16)19-9-2-8-18(26-19)20-15-28-21(10-3-11-22(28)27-20)17-7-5-12-24-14-17/h3-7,10-14,18-20,26H,2,8-9,15H2,1H3/t18-,19+,20?/m1/s1. The van der Waals surface area contributed by atoms with Crippen LogP contribution in [0.2, 0.25) is 0 Å². The fourth-order valence-electron chi connectivity index (χ4n) is 4.56. The number of aryl methyl sites for hydroxylation is 1. The van der Waals surface area contributed by atoms with Crippen molar-refractivity contribution in [3.63, 3.8) is 0 Å². The van der Waals surface area contributed by atoms with Crippen LogP contribution in [0, 0.1) is 6.92 Å². The highest BCUT2D eigenvalue weighted by Gasteiger charge is 2.36. The van der Waals surface area contributed by atoms with Gasteiger partial charge in [0.1, 0.15) is 5.84 Å². The first-order chi connectivity index (χ1) is 13.8. The number of amidine groups is 1. The molecule has 0 radical (unpaired) electrons. The van der Waals surface area contributed by atoms with E-state index in [1.165, 1.54) is 23.4 Å². The molecule has 3 atom stereocenters. The number of piperidine rings is 1. The van der Waals surface area contributed by atoms with Gasteiger partial charge < -0.3 is 10.2 Å².